The predicted octanol–water partition coefficient (Wildman–Crippen LogP) is 4.48. The third-order valence-corrected chi connectivity index (χ3v) is 5.40. The highest BCUT2D eigenvalue weighted by Crippen LogP contribution is 2.28. The van der Waals surface area contributed by atoms with Crippen LogP contribution in [0, 0.1) is 23.1 Å². The van der Waals surface area contributed by atoms with Crippen molar-refractivity contribution in [3.05, 3.63) is 95.1 Å². The zero-order chi connectivity index (χ0) is 24.5. The highest BCUT2D eigenvalue weighted by atomic mass is 19.1. The number of pyridine rings is 1. The third kappa shape index (κ3) is 6.56. The van der Waals surface area contributed by atoms with Crippen molar-refractivity contribution in [3.8, 4) is 6.07 Å². The van der Waals surface area contributed by atoms with E-state index in [-0.39, 0.29) is 17.3 Å². The number of aldehydes is 1. The molecule has 1 heterocycles. The van der Waals surface area contributed by atoms with Crippen LogP contribution in [-0.4, -0.2) is 29.8 Å². The van der Waals surface area contributed by atoms with Gasteiger partial charge in [0.2, 0.25) is 5.91 Å². The molecule has 7 heteroatoms. The number of nitriles is 1. The zero-order valence-corrected chi connectivity index (χ0v) is 19.2. The third-order valence-electron chi connectivity index (χ3n) is 5.40. The Bertz CT molecular complexity index is 1170. The molecule has 2 atom stereocenters. The number of aromatic nitrogens is 1. The molecule has 0 bridgehead atoms. The normalized spacial score (nSPS) is 12.6. The summed E-state index contributed by atoms with van der Waals surface area (Å²) in [6, 6.07) is 15.9. The number of nitrogens with zero attached hydrogens (tertiary/aromatic N) is 2. The monoisotopic (exact) mass is 458 g/mol. The molecule has 0 spiro atoms. The number of carbonyl (C=O) groups excluding carboxylic acids is 2. The maximum atomic E-state index is 14.0. The van der Waals surface area contributed by atoms with Gasteiger partial charge in [0.1, 0.15) is 12.1 Å². The first-order chi connectivity index (χ1) is 16.4. The van der Waals surface area contributed by atoms with E-state index in [1.54, 1.807) is 36.7 Å². The van der Waals surface area contributed by atoms with Crippen LogP contribution in [0.5, 0.6) is 0 Å². The van der Waals surface area contributed by atoms with Crippen LogP contribution in [-0.2, 0) is 11.2 Å². The minimum Gasteiger partial charge on any atom is -0.325 e. The van der Waals surface area contributed by atoms with Gasteiger partial charge in [-0.1, -0.05) is 44.2 Å². The Morgan fingerprint density at radius 2 is 1.97 bits per heavy atom. The number of rotatable bonds is 10. The number of hydrogen-bond donors (Lipinski definition) is 2. The van der Waals surface area contributed by atoms with Crippen LogP contribution >= 0.6 is 0 Å². The van der Waals surface area contributed by atoms with Gasteiger partial charge >= 0.3 is 0 Å². The number of anilines is 1. The van der Waals surface area contributed by atoms with Gasteiger partial charge in [0.15, 0.2) is 0 Å². The van der Waals surface area contributed by atoms with Crippen LogP contribution in [0.15, 0.2) is 67.0 Å². The van der Waals surface area contributed by atoms with E-state index in [1.807, 2.05) is 18.2 Å². The van der Waals surface area contributed by atoms with E-state index in [1.165, 1.54) is 12.1 Å². The second-order valence-electron chi connectivity index (χ2n) is 8.53. The molecule has 0 aliphatic carbocycles. The molecule has 0 fully saturated rings. The van der Waals surface area contributed by atoms with Gasteiger partial charge in [0.05, 0.1) is 17.6 Å². The minimum absolute atomic E-state index is 0.102. The summed E-state index contributed by atoms with van der Waals surface area (Å²) in [6.07, 6.45) is 4.65. The Morgan fingerprint density at radius 1 is 1.18 bits per heavy atom. The zero-order valence-electron chi connectivity index (χ0n) is 19.2. The SMILES string of the molecule is CC(C)CNC(Cc1cccnc1)C(C(=O)Nc1cc(F)cc(C#N)c1)c1ccccc1C=O. The molecular formula is C27H27FN4O2. The van der Waals surface area contributed by atoms with Crippen LogP contribution in [0.25, 0.3) is 0 Å². The van der Waals surface area contributed by atoms with Gasteiger partial charge in [-0.25, -0.2) is 4.39 Å². The van der Waals surface area contributed by atoms with E-state index in [9.17, 15) is 14.0 Å². The summed E-state index contributed by atoms with van der Waals surface area (Å²) in [4.78, 5) is 29.7. The summed E-state index contributed by atoms with van der Waals surface area (Å²) in [5.41, 5.74) is 2.19. The molecule has 0 radical (unpaired) electrons. The molecule has 34 heavy (non-hydrogen) atoms. The fourth-order valence-corrected chi connectivity index (χ4v) is 3.86. The Kier molecular flexibility index (Phi) is 8.60. The molecule has 0 aliphatic rings. The van der Waals surface area contributed by atoms with Crippen LogP contribution in [0.1, 0.15) is 46.8 Å². The molecule has 3 aromatic rings. The van der Waals surface area contributed by atoms with Crippen molar-refractivity contribution in [2.45, 2.75) is 32.2 Å². The van der Waals surface area contributed by atoms with E-state index in [0.717, 1.165) is 17.9 Å². The van der Waals surface area contributed by atoms with Crippen molar-refractivity contribution < 1.29 is 14.0 Å². The Morgan fingerprint density at radius 3 is 2.65 bits per heavy atom. The molecule has 0 aliphatic heterocycles. The maximum absolute atomic E-state index is 14.0. The second-order valence-corrected chi connectivity index (χ2v) is 8.53. The summed E-state index contributed by atoms with van der Waals surface area (Å²) in [6.45, 7) is 4.79. The highest BCUT2D eigenvalue weighted by molar-refractivity contribution is 5.98. The van der Waals surface area contributed by atoms with Gasteiger partial charge in [-0.2, -0.15) is 5.26 Å². The van der Waals surface area contributed by atoms with Crippen molar-refractivity contribution in [2.75, 3.05) is 11.9 Å². The average molecular weight is 459 g/mol. The first-order valence-corrected chi connectivity index (χ1v) is 11.1. The Hall–Kier alpha value is -3.89. The summed E-state index contributed by atoms with van der Waals surface area (Å²) in [5.74, 6) is -1.48. The molecule has 0 saturated heterocycles. The van der Waals surface area contributed by atoms with Crippen LogP contribution in [0.2, 0.25) is 0 Å². The Balaban J connectivity index is 2.04. The number of carbonyl (C=O) groups is 2. The molecule has 2 unspecified atom stereocenters. The van der Waals surface area contributed by atoms with Crippen LogP contribution in [0.3, 0.4) is 0 Å². The molecule has 174 valence electrons. The van der Waals surface area contributed by atoms with Crippen molar-refractivity contribution in [3.63, 3.8) is 0 Å². The van der Waals surface area contributed by atoms with Crippen molar-refractivity contribution in [2.24, 2.45) is 5.92 Å². The van der Waals surface area contributed by atoms with E-state index >= 15 is 0 Å². The van der Waals surface area contributed by atoms with Crippen LogP contribution in [0.4, 0.5) is 10.1 Å². The number of benzene rings is 2. The summed E-state index contributed by atoms with van der Waals surface area (Å²) < 4.78 is 14.0. The fourth-order valence-electron chi connectivity index (χ4n) is 3.86. The lowest BCUT2D eigenvalue weighted by atomic mass is 9.84. The molecule has 1 amide bonds. The number of halogens is 1. The summed E-state index contributed by atoms with van der Waals surface area (Å²) >= 11 is 0. The van der Waals surface area contributed by atoms with Crippen LogP contribution < -0.4 is 10.6 Å². The van der Waals surface area contributed by atoms with Crippen molar-refractivity contribution in [1.82, 2.24) is 10.3 Å². The van der Waals surface area contributed by atoms with Crippen molar-refractivity contribution in [1.29, 1.82) is 5.26 Å². The first-order valence-electron chi connectivity index (χ1n) is 11.1. The fraction of sp³-hybridized carbons (Fsp3) is 0.259. The smallest absolute Gasteiger partial charge is 0.233 e. The summed E-state index contributed by atoms with van der Waals surface area (Å²) in [5, 5.41) is 15.4. The second kappa shape index (κ2) is 11.8. The van der Waals surface area contributed by atoms with E-state index < -0.39 is 17.6 Å². The van der Waals surface area contributed by atoms with E-state index in [4.69, 9.17) is 5.26 Å². The van der Waals surface area contributed by atoms with Gasteiger partial charge in [-0.3, -0.25) is 14.6 Å². The lowest BCUT2D eigenvalue weighted by Gasteiger charge is -2.29. The molecule has 2 aromatic carbocycles. The molecule has 3 rings (SSSR count). The predicted molar refractivity (Wildman–Crippen MR) is 129 cm³/mol. The van der Waals surface area contributed by atoms with Gasteiger partial charge in [0.25, 0.3) is 0 Å². The topological polar surface area (TPSA) is 94.9 Å². The molecule has 6 nitrogen and oxygen atoms in total. The largest absolute Gasteiger partial charge is 0.325 e. The quantitative estimate of drug-likeness (QED) is 0.437. The average Bonchev–Trinajstić information content (AvgIpc) is 2.83. The molecular weight excluding hydrogens is 431 g/mol. The standard InChI is InChI=1S/C27H27FN4O2/c1-18(2)15-31-25(12-19-6-5-9-30-16-19)26(24-8-4-3-7-21(24)17-33)27(34)32-23-11-20(14-29)10-22(28)13-23/h3-11,13,16-18,25-26,31H,12,15H2,1-2H3,(H,32,34). The number of nitrogens with one attached hydrogen (secondary N) is 2. The number of amides is 1. The van der Waals surface area contributed by atoms with Gasteiger partial charge < -0.3 is 10.6 Å². The maximum Gasteiger partial charge on any atom is 0.233 e. The summed E-state index contributed by atoms with van der Waals surface area (Å²) in [7, 11) is 0. The molecule has 2 N–H and O–H groups in total. The Labute approximate surface area is 198 Å². The minimum atomic E-state index is -0.769. The molecule has 1 aromatic heterocycles. The van der Waals surface area contributed by atoms with Gasteiger partial charge in [-0.05, 0) is 54.3 Å². The van der Waals surface area contributed by atoms with Gasteiger partial charge in [-0.15, -0.1) is 0 Å². The first kappa shape index (κ1) is 24.7. The van der Waals surface area contributed by atoms with Gasteiger partial charge in [0, 0.05) is 29.7 Å². The highest BCUT2D eigenvalue weighted by Gasteiger charge is 2.32. The lowest BCUT2D eigenvalue weighted by Crippen LogP contribution is -2.44. The van der Waals surface area contributed by atoms with E-state index in [2.05, 4.69) is 29.5 Å². The van der Waals surface area contributed by atoms with E-state index in [0.29, 0.717) is 30.0 Å². The van der Waals surface area contributed by atoms with Crippen molar-refractivity contribution >= 4 is 17.9 Å². The lowest BCUT2D eigenvalue weighted by molar-refractivity contribution is -0.118. The molecule has 0 saturated carbocycles. The number of hydrogen-bond acceptors (Lipinski definition) is 5.